The zero-order valence-corrected chi connectivity index (χ0v) is 12.5. The van der Waals surface area contributed by atoms with E-state index >= 15 is 0 Å². The predicted molar refractivity (Wildman–Crippen MR) is 77.6 cm³/mol. The van der Waals surface area contributed by atoms with Crippen LogP contribution in [-0.2, 0) is 0 Å². The molecular weight excluding hydrogens is 355 g/mol. The van der Waals surface area contributed by atoms with Gasteiger partial charge in [-0.3, -0.25) is 0 Å². The summed E-state index contributed by atoms with van der Waals surface area (Å²) in [6, 6.07) is 9.52. The highest BCUT2D eigenvalue weighted by Crippen LogP contribution is 2.37. The summed E-state index contributed by atoms with van der Waals surface area (Å²) in [6.45, 7) is 0. The van der Waals surface area contributed by atoms with Crippen molar-refractivity contribution >= 4 is 45.1 Å². The van der Waals surface area contributed by atoms with E-state index in [1.807, 2.05) is 0 Å². The van der Waals surface area contributed by atoms with Crippen LogP contribution in [0.15, 0.2) is 40.9 Å². The molecule has 6 heteroatoms. The molecular formula is C13H7BrCl2O3. The summed E-state index contributed by atoms with van der Waals surface area (Å²) in [5, 5.41) is 9.66. The first-order valence-corrected chi connectivity index (χ1v) is 6.68. The van der Waals surface area contributed by atoms with Crippen LogP contribution < -0.4 is 4.74 Å². The van der Waals surface area contributed by atoms with E-state index in [4.69, 9.17) is 33.0 Å². The van der Waals surface area contributed by atoms with Crippen LogP contribution in [0.4, 0.5) is 0 Å². The van der Waals surface area contributed by atoms with Gasteiger partial charge in [-0.25, -0.2) is 4.79 Å². The monoisotopic (exact) mass is 360 g/mol. The van der Waals surface area contributed by atoms with Gasteiger partial charge in [0.25, 0.3) is 0 Å². The number of carboxylic acids is 1. The van der Waals surface area contributed by atoms with E-state index < -0.39 is 5.97 Å². The lowest BCUT2D eigenvalue weighted by molar-refractivity contribution is 0.0694. The van der Waals surface area contributed by atoms with Crippen LogP contribution in [0.1, 0.15) is 10.4 Å². The van der Waals surface area contributed by atoms with Crippen LogP contribution >= 0.6 is 39.1 Å². The Labute approximate surface area is 127 Å². The summed E-state index contributed by atoms with van der Waals surface area (Å²) < 4.78 is 6.32. The Morgan fingerprint density at radius 1 is 1.16 bits per heavy atom. The van der Waals surface area contributed by atoms with Crippen LogP contribution in [0.25, 0.3) is 0 Å². The second-order valence-electron chi connectivity index (χ2n) is 3.60. The van der Waals surface area contributed by atoms with Gasteiger partial charge in [0.1, 0.15) is 11.3 Å². The van der Waals surface area contributed by atoms with Crippen LogP contribution in [0.3, 0.4) is 0 Å². The standard InChI is InChI=1S/C13H7BrCl2O3/c14-7-4-5-11(10(16)6-7)19-12-8(13(17)18)2-1-3-9(12)15/h1-6H,(H,17,18). The van der Waals surface area contributed by atoms with Gasteiger partial charge in [0.05, 0.1) is 10.0 Å². The van der Waals surface area contributed by atoms with Crippen LogP contribution in [0.2, 0.25) is 10.0 Å². The lowest BCUT2D eigenvalue weighted by Gasteiger charge is -2.11. The highest BCUT2D eigenvalue weighted by Gasteiger charge is 2.16. The van der Waals surface area contributed by atoms with Gasteiger partial charge in [-0.15, -0.1) is 0 Å². The number of ether oxygens (including phenoxy) is 1. The minimum Gasteiger partial charge on any atom is -0.478 e. The van der Waals surface area contributed by atoms with Gasteiger partial charge < -0.3 is 9.84 Å². The average molecular weight is 362 g/mol. The SMILES string of the molecule is O=C(O)c1cccc(Cl)c1Oc1ccc(Br)cc1Cl. The molecule has 98 valence electrons. The van der Waals surface area contributed by atoms with E-state index in [1.165, 1.54) is 6.07 Å². The highest BCUT2D eigenvalue weighted by molar-refractivity contribution is 9.10. The van der Waals surface area contributed by atoms with Gasteiger partial charge >= 0.3 is 5.97 Å². The molecule has 0 fully saturated rings. The molecule has 0 bridgehead atoms. The van der Waals surface area contributed by atoms with Gasteiger partial charge in [-0.1, -0.05) is 45.2 Å². The van der Waals surface area contributed by atoms with Crippen molar-refractivity contribution < 1.29 is 14.6 Å². The van der Waals surface area contributed by atoms with Crippen molar-refractivity contribution in [2.75, 3.05) is 0 Å². The van der Waals surface area contributed by atoms with Crippen molar-refractivity contribution in [3.8, 4) is 11.5 Å². The van der Waals surface area contributed by atoms with Crippen molar-refractivity contribution in [1.82, 2.24) is 0 Å². The number of carboxylic acid groups (broad SMARTS) is 1. The fourth-order valence-corrected chi connectivity index (χ4v) is 2.37. The summed E-state index contributed by atoms with van der Waals surface area (Å²) in [4.78, 5) is 11.1. The zero-order chi connectivity index (χ0) is 14.0. The maximum Gasteiger partial charge on any atom is 0.339 e. The molecule has 2 aromatic carbocycles. The quantitative estimate of drug-likeness (QED) is 0.812. The Hall–Kier alpha value is -1.23. The minimum absolute atomic E-state index is 0.0218. The molecule has 0 aliphatic heterocycles. The third-order valence-electron chi connectivity index (χ3n) is 2.30. The third kappa shape index (κ3) is 3.21. The summed E-state index contributed by atoms with van der Waals surface area (Å²) in [5.41, 5.74) is -0.0218. The van der Waals surface area contributed by atoms with E-state index in [0.717, 1.165) is 4.47 Å². The Kier molecular flexibility index (Phi) is 4.34. The average Bonchev–Trinajstić information content (AvgIpc) is 2.34. The first-order chi connectivity index (χ1) is 8.99. The first kappa shape index (κ1) is 14.2. The molecule has 0 aliphatic rings. The maximum absolute atomic E-state index is 11.1. The second kappa shape index (κ2) is 5.82. The van der Waals surface area contributed by atoms with Crippen molar-refractivity contribution in [3.63, 3.8) is 0 Å². The minimum atomic E-state index is -1.12. The lowest BCUT2D eigenvalue weighted by Crippen LogP contribution is -2.00. The topological polar surface area (TPSA) is 46.5 Å². The largest absolute Gasteiger partial charge is 0.478 e. The Morgan fingerprint density at radius 2 is 1.89 bits per heavy atom. The highest BCUT2D eigenvalue weighted by atomic mass is 79.9. The predicted octanol–water partition coefficient (Wildman–Crippen LogP) is 5.25. The number of carbonyl (C=O) groups is 1. The number of para-hydroxylation sites is 1. The van der Waals surface area contributed by atoms with E-state index in [0.29, 0.717) is 10.8 Å². The second-order valence-corrected chi connectivity index (χ2v) is 5.33. The van der Waals surface area contributed by atoms with Crippen LogP contribution in [-0.4, -0.2) is 11.1 Å². The van der Waals surface area contributed by atoms with Crippen molar-refractivity contribution in [2.45, 2.75) is 0 Å². The summed E-state index contributed by atoms with van der Waals surface area (Å²) in [6.07, 6.45) is 0. The number of halogens is 3. The molecule has 1 N–H and O–H groups in total. The number of rotatable bonds is 3. The Bertz CT molecular complexity index is 644. The van der Waals surface area contributed by atoms with Gasteiger partial charge in [0.2, 0.25) is 0 Å². The molecule has 2 rings (SSSR count). The molecule has 0 spiro atoms. The molecule has 0 unspecified atom stereocenters. The summed E-state index contributed by atoms with van der Waals surface area (Å²) in [7, 11) is 0. The molecule has 3 nitrogen and oxygen atoms in total. The number of hydrogen-bond acceptors (Lipinski definition) is 2. The van der Waals surface area contributed by atoms with E-state index in [9.17, 15) is 4.79 Å². The van der Waals surface area contributed by atoms with Crippen molar-refractivity contribution in [1.29, 1.82) is 0 Å². The zero-order valence-electron chi connectivity index (χ0n) is 9.36. The lowest BCUT2D eigenvalue weighted by atomic mass is 10.2. The molecule has 2 aromatic rings. The summed E-state index contributed by atoms with van der Waals surface area (Å²) in [5.74, 6) is -0.716. The molecule has 0 aliphatic carbocycles. The van der Waals surface area contributed by atoms with Crippen LogP contribution in [0, 0.1) is 0 Å². The third-order valence-corrected chi connectivity index (χ3v) is 3.39. The fraction of sp³-hybridized carbons (Fsp3) is 0. The number of benzene rings is 2. The van der Waals surface area contributed by atoms with Gasteiger partial charge in [-0.2, -0.15) is 0 Å². The van der Waals surface area contributed by atoms with Crippen molar-refractivity contribution in [3.05, 3.63) is 56.5 Å². The van der Waals surface area contributed by atoms with Gasteiger partial charge in [-0.05, 0) is 30.3 Å². The number of hydrogen-bond donors (Lipinski definition) is 1. The maximum atomic E-state index is 11.1. The molecule has 0 aromatic heterocycles. The first-order valence-electron chi connectivity index (χ1n) is 5.13. The molecule has 0 atom stereocenters. The van der Waals surface area contributed by atoms with E-state index in [2.05, 4.69) is 15.9 Å². The smallest absolute Gasteiger partial charge is 0.339 e. The van der Waals surface area contributed by atoms with Crippen LogP contribution in [0.5, 0.6) is 11.5 Å². The molecule has 0 heterocycles. The molecule has 0 amide bonds. The number of aromatic carboxylic acids is 1. The molecule has 0 saturated carbocycles. The van der Waals surface area contributed by atoms with Crippen molar-refractivity contribution in [2.24, 2.45) is 0 Å². The molecule has 0 saturated heterocycles. The summed E-state index contributed by atoms with van der Waals surface area (Å²) >= 11 is 15.3. The van der Waals surface area contributed by atoms with Gasteiger partial charge in [0, 0.05) is 4.47 Å². The van der Waals surface area contributed by atoms with E-state index in [-0.39, 0.29) is 16.3 Å². The fourth-order valence-electron chi connectivity index (χ4n) is 1.45. The normalized spacial score (nSPS) is 10.3. The van der Waals surface area contributed by atoms with Gasteiger partial charge in [0.15, 0.2) is 5.75 Å². The Balaban J connectivity index is 2.46. The molecule has 19 heavy (non-hydrogen) atoms. The van der Waals surface area contributed by atoms with E-state index in [1.54, 1.807) is 30.3 Å². The molecule has 0 radical (unpaired) electrons. The Morgan fingerprint density at radius 3 is 2.53 bits per heavy atom.